The molecule has 0 aliphatic rings. The Morgan fingerprint density at radius 3 is 2.43 bits per heavy atom. The van der Waals surface area contributed by atoms with Crippen LogP contribution in [0.4, 0.5) is 8.78 Å². The highest BCUT2D eigenvalue weighted by molar-refractivity contribution is 5.13. The SMILES string of the molecule is [CH2]C(F)(F)CCOCc1ccccc1. The number of rotatable bonds is 5. The second kappa shape index (κ2) is 5.05. The molecule has 1 nitrogen and oxygen atoms in total. The molecule has 0 aromatic heterocycles. The van der Waals surface area contributed by atoms with Gasteiger partial charge in [-0.3, -0.25) is 0 Å². The first kappa shape index (κ1) is 11.1. The maximum absolute atomic E-state index is 12.3. The minimum absolute atomic E-state index is 0.0331. The summed E-state index contributed by atoms with van der Waals surface area (Å²) in [4.78, 5) is 0. The smallest absolute Gasteiger partial charge is 0.250 e. The molecule has 1 aromatic carbocycles. The number of alkyl halides is 2. The number of benzene rings is 1. The predicted octanol–water partition coefficient (Wildman–Crippen LogP) is 3.06. The van der Waals surface area contributed by atoms with Gasteiger partial charge in [-0.15, -0.1) is 0 Å². The van der Waals surface area contributed by atoms with Crippen LogP contribution in [0, 0.1) is 6.92 Å². The van der Waals surface area contributed by atoms with Crippen molar-refractivity contribution in [1.82, 2.24) is 0 Å². The zero-order valence-electron chi connectivity index (χ0n) is 7.88. The molecule has 0 saturated heterocycles. The van der Waals surface area contributed by atoms with Crippen molar-refractivity contribution in [3.05, 3.63) is 42.8 Å². The fourth-order valence-electron chi connectivity index (χ4n) is 0.986. The molecule has 0 amide bonds. The van der Waals surface area contributed by atoms with Gasteiger partial charge in [0.05, 0.1) is 13.2 Å². The topological polar surface area (TPSA) is 9.23 Å². The molecule has 0 atom stereocenters. The molecule has 0 fully saturated rings. The van der Waals surface area contributed by atoms with E-state index in [0.717, 1.165) is 5.56 Å². The molecule has 3 heteroatoms. The minimum Gasteiger partial charge on any atom is -0.377 e. The van der Waals surface area contributed by atoms with Crippen LogP contribution in [-0.4, -0.2) is 12.5 Å². The monoisotopic (exact) mass is 199 g/mol. The Balaban J connectivity index is 2.17. The third-order valence-corrected chi connectivity index (χ3v) is 1.72. The Hall–Kier alpha value is -0.960. The van der Waals surface area contributed by atoms with Gasteiger partial charge < -0.3 is 4.74 Å². The molecule has 1 aromatic rings. The van der Waals surface area contributed by atoms with E-state index in [2.05, 4.69) is 6.92 Å². The highest BCUT2D eigenvalue weighted by Gasteiger charge is 2.20. The van der Waals surface area contributed by atoms with E-state index >= 15 is 0 Å². The van der Waals surface area contributed by atoms with E-state index in [0.29, 0.717) is 6.61 Å². The van der Waals surface area contributed by atoms with Crippen molar-refractivity contribution in [2.24, 2.45) is 0 Å². The van der Waals surface area contributed by atoms with Crippen molar-refractivity contribution in [3.8, 4) is 0 Å². The first-order valence-corrected chi connectivity index (χ1v) is 4.43. The number of ether oxygens (including phenoxy) is 1. The van der Waals surface area contributed by atoms with Gasteiger partial charge in [0.2, 0.25) is 0 Å². The quantitative estimate of drug-likeness (QED) is 0.662. The maximum atomic E-state index is 12.3. The van der Waals surface area contributed by atoms with Crippen LogP contribution >= 0.6 is 0 Å². The largest absolute Gasteiger partial charge is 0.377 e. The average molecular weight is 199 g/mol. The van der Waals surface area contributed by atoms with Crippen LogP contribution in [0.25, 0.3) is 0 Å². The van der Waals surface area contributed by atoms with E-state index in [9.17, 15) is 8.78 Å². The maximum Gasteiger partial charge on any atom is 0.250 e. The van der Waals surface area contributed by atoms with Crippen molar-refractivity contribution >= 4 is 0 Å². The van der Waals surface area contributed by atoms with E-state index in [1.165, 1.54) is 0 Å². The van der Waals surface area contributed by atoms with Gasteiger partial charge in [-0.25, -0.2) is 8.78 Å². The van der Waals surface area contributed by atoms with Crippen LogP contribution in [0.5, 0.6) is 0 Å². The van der Waals surface area contributed by atoms with Crippen LogP contribution in [-0.2, 0) is 11.3 Å². The van der Waals surface area contributed by atoms with Crippen molar-refractivity contribution in [1.29, 1.82) is 0 Å². The van der Waals surface area contributed by atoms with Crippen LogP contribution in [0.1, 0.15) is 12.0 Å². The summed E-state index contributed by atoms with van der Waals surface area (Å²) < 4.78 is 29.6. The number of hydrogen-bond acceptors (Lipinski definition) is 1. The molecular weight excluding hydrogens is 186 g/mol. The summed E-state index contributed by atoms with van der Waals surface area (Å²) in [5, 5.41) is 0. The molecule has 0 unspecified atom stereocenters. The summed E-state index contributed by atoms with van der Waals surface area (Å²) >= 11 is 0. The van der Waals surface area contributed by atoms with E-state index in [1.54, 1.807) is 0 Å². The van der Waals surface area contributed by atoms with E-state index in [-0.39, 0.29) is 13.0 Å². The molecule has 77 valence electrons. The van der Waals surface area contributed by atoms with Gasteiger partial charge in [0.1, 0.15) is 0 Å². The fourth-order valence-corrected chi connectivity index (χ4v) is 0.986. The van der Waals surface area contributed by atoms with Crippen molar-refractivity contribution < 1.29 is 13.5 Å². The second-order valence-electron chi connectivity index (χ2n) is 3.14. The zero-order valence-corrected chi connectivity index (χ0v) is 7.88. The molecule has 0 N–H and O–H groups in total. The third kappa shape index (κ3) is 4.92. The van der Waals surface area contributed by atoms with Gasteiger partial charge in [0.15, 0.2) is 0 Å². The molecule has 0 heterocycles. The third-order valence-electron chi connectivity index (χ3n) is 1.72. The molecule has 0 bridgehead atoms. The first-order valence-electron chi connectivity index (χ1n) is 4.43. The Labute approximate surface area is 82.7 Å². The molecule has 0 aliphatic carbocycles. The lowest BCUT2D eigenvalue weighted by molar-refractivity contribution is 0.00259. The van der Waals surface area contributed by atoms with Crippen molar-refractivity contribution in [2.45, 2.75) is 19.0 Å². The molecule has 1 radical (unpaired) electrons. The lowest BCUT2D eigenvalue weighted by Crippen LogP contribution is -2.13. The Kier molecular flexibility index (Phi) is 4.01. The molecule has 0 spiro atoms. The summed E-state index contributed by atoms with van der Waals surface area (Å²) in [6.07, 6.45) is -0.333. The van der Waals surface area contributed by atoms with Gasteiger partial charge in [-0.1, -0.05) is 30.3 Å². The molecule has 0 saturated carbocycles. The number of halogens is 2. The van der Waals surface area contributed by atoms with Gasteiger partial charge in [-0.2, -0.15) is 0 Å². The number of hydrogen-bond donors (Lipinski definition) is 0. The van der Waals surface area contributed by atoms with Crippen LogP contribution in [0.2, 0.25) is 0 Å². The normalized spacial score (nSPS) is 11.6. The van der Waals surface area contributed by atoms with Gasteiger partial charge in [0, 0.05) is 13.3 Å². The Morgan fingerprint density at radius 1 is 1.21 bits per heavy atom. The van der Waals surface area contributed by atoms with Gasteiger partial charge in [-0.05, 0) is 5.56 Å². The molecule has 14 heavy (non-hydrogen) atoms. The molecular formula is C11H13F2O. The van der Waals surface area contributed by atoms with Crippen molar-refractivity contribution in [3.63, 3.8) is 0 Å². The van der Waals surface area contributed by atoms with Gasteiger partial charge >= 0.3 is 0 Å². The highest BCUT2D eigenvalue weighted by atomic mass is 19.3. The zero-order chi connectivity index (χ0) is 10.4. The second-order valence-corrected chi connectivity index (χ2v) is 3.14. The van der Waals surface area contributed by atoms with Gasteiger partial charge in [0.25, 0.3) is 5.92 Å². The van der Waals surface area contributed by atoms with Crippen LogP contribution < -0.4 is 0 Å². The van der Waals surface area contributed by atoms with Crippen LogP contribution in [0.3, 0.4) is 0 Å². The lowest BCUT2D eigenvalue weighted by atomic mass is 10.2. The fraction of sp³-hybridized carbons (Fsp3) is 0.364. The summed E-state index contributed by atoms with van der Waals surface area (Å²) in [6, 6.07) is 9.45. The molecule has 0 aliphatic heterocycles. The standard InChI is InChI=1S/C11H13F2O/c1-11(12,13)7-8-14-9-10-5-3-2-4-6-10/h2-6H,1,7-9H2. The average Bonchev–Trinajstić information content (AvgIpc) is 2.13. The molecule has 1 rings (SSSR count). The Bertz CT molecular complexity index is 254. The van der Waals surface area contributed by atoms with E-state index in [4.69, 9.17) is 4.74 Å². The van der Waals surface area contributed by atoms with E-state index < -0.39 is 5.92 Å². The summed E-state index contributed by atoms with van der Waals surface area (Å²) in [5.74, 6) is -2.88. The minimum atomic E-state index is -2.88. The predicted molar refractivity (Wildman–Crippen MR) is 51.0 cm³/mol. The summed E-state index contributed by atoms with van der Waals surface area (Å²) in [5.41, 5.74) is 0.986. The highest BCUT2D eigenvalue weighted by Crippen LogP contribution is 2.15. The van der Waals surface area contributed by atoms with Crippen molar-refractivity contribution in [2.75, 3.05) is 6.61 Å². The van der Waals surface area contributed by atoms with E-state index in [1.807, 2.05) is 30.3 Å². The first-order chi connectivity index (χ1) is 6.58. The lowest BCUT2D eigenvalue weighted by Gasteiger charge is -2.09. The summed E-state index contributed by atoms with van der Waals surface area (Å²) in [7, 11) is 0. The van der Waals surface area contributed by atoms with Crippen LogP contribution in [0.15, 0.2) is 30.3 Å². The Morgan fingerprint density at radius 2 is 1.86 bits per heavy atom. The summed E-state index contributed by atoms with van der Waals surface area (Å²) in [6.45, 7) is 3.11.